The molecule has 1 N–H and O–H groups in total. The van der Waals surface area contributed by atoms with Gasteiger partial charge < -0.3 is 14.8 Å². The van der Waals surface area contributed by atoms with Crippen LogP contribution in [0.1, 0.15) is 48.7 Å². The molecule has 0 fully saturated rings. The summed E-state index contributed by atoms with van der Waals surface area (Å²) < 4.78 is 10.6. The van der Waals surface area contributed by atoms with Crippen LogP contribution in [0.15, 0.2) is 54.6 Å². The number of esters is 1. The van der Waals surface area contributed by atoms with Gasteiger partial charge in [0.15, 0.2) is 6.61 Å². The first-order valence-electron chi connectivity index (χ1n) is 8.84. The van der Waals surface area contributed by atoms with Crippen molar-refractivity contribution in [1.82, 2.24) is 5.32 Å². The monoisotopic (exact) mass is 355 g/mol. The first kappa shape index (κ1) is 19.5. The molecule has 0 aliphatic heterocycles. The van der Waals surface area contributed by atoms with E-state index in [-0.39, 0.29) is 24.5 Å². The minimum Gasteiger partial charge on any atom is -0.484 e. The summed E-state index contributed by atoms with van der Waals surface area (Å²) in [6.45, 7) is 4.30. The predicted molar refractivity (Wildman–Crippen MR) is 100 cm³/mol. The second-order valence-electron chi connectivity index (χ2n) is 6.00. The molecular weight excluding hydrogens is 330 g/mol. The van der Waals surface area contributed by atoms with E-state index in [1.807, 2.05) is 44.2 Å². The van der Waals surface area contributed by atoms with Gasteiger partial charge in [0.25, 0.3) is 5.91 Å². The number of hydrogen-bond donors (Lipinski definition) is 1. The molecule has 0 saturated carbocycles. The van der Waals surface area contributed by atoms with Crippen LogP contribution in [-0.4, -0.2) is 25.1 Å². The Kier molecular flexibility index (Phi) is 7.68. The van der Waals surface area contributed by atoms with E-state index in [0.29, 0.717) is 17.9 Å². The van der Waals surface area contributed by atoms with Crippen molar-refractivity contribution in [2.24, 2.45) is 0 Å². The lowest BCUT2D eigenvalue weighted by Crippen LogP contribution is -2.31. The molecule has 0 heterocycles. The number of carbonyl (C=O) groups is 2. The Morgan fingerprint density at radius 2 is 1.73 bits per heavy atom. The molecule has 0 unspecified atom stereocenters. The molecule has 0 radical (unpaired) electrons. The number of benzene rings is 2. The highest BCUT2D eigenvalue weighted by Gasteiger charge is 2.10. The van der Waals surface area contributed by atoms with E-state index in [4.69, 9.17) is 9.47 Å². The Morgan fingerprint density at radius 3 is 2.38 bits per heavy atom. The van der Waals surface area contributed by atoms with E-state index < -0.39 is 0 Å². The molecule has 5 nitrogen and oxygen atoms in total. The Balaban J connectivity index is 1.78. The summed E-state index contributed by atoms with van der Waals surface area (Å²) in [5.41, 5.74) is 1.50. The molecule has 2 rings (SSSR count). The zero-order chi connectivity index (χ0) is 18.8. The molecule has 2 aromatic carbocycles. The fourth-order valence-electron chi connectivity index (χ4n) is 2.34. The Morgan fingerprint density at radius 1 is 1.04 bits per heavy atom. The fraction of sp³-hybridized carbons (Fsp3) is 0.333. The molecule has 0 bridgehead atoms. The molecule has 0 saturated heterocycles. The Hall–Kier alpha value is -2.82. The van der Waals surface area contributed by atoms with Crippen LogP contribution in [0.2, 0.25) is 0 Å². The highest BCUT2D eigenvalue weighted by atomic mass is 16.5. The second-order valence-corrected chi connectivity index (χ2v) is 6.00. The van der Waals surface area contributed by atoms with Crippen molar-refractivity contribution in [3.05, 3.63) is 65.7 Å². The molecule has 0 spiro atoms. The van der Waals surface area contributed by atoms with Gasteiger partial charge in [0, 0.05) is 0 Å². The van der Waals surface area contributed by atoms with E-state index >= 15 is 0 Å². The number of ether oxygens (including phenoxy) is 2. The van der Waals surface area contributed by atoms with E-state index in [9.17, 15) is 9.59 Å². The molecule has 1 atom stereocenters. The van der Waals surface area contributed by atoms with Crippen molar-refractivity contribution in [1.29, 1.82) is 0 Å². The van der Waals surface area contributed by atoms with Gasteiger partial charge in [-0.1, -0.05) is 43.7 Å². The molecule has 5 heteroatoms. The van der Waals surface area contributed by atoms with Gasteiger partial charge in [-0.15, -0.1) is 0 Å². The van der Waals surface area contributed by atoms with Crippen molar-refractivity contribution >= 4 is 11.9 Å². The van der Waals surface area contributed by atoms with Crippen LogP contribution in [0.5, 0.6) is 5.75 Å². The lowest BCUT2D eigenvalue weighted by atomic mass is 10.1. The van der Waals surface area contributed by atoms with Gasteiger partial charge in [-0.3, -0.25) is 4.79 Å². The maximum Gasteiger partial charge on any atom is 0.338 e. The second kappa shape index (κ2) is 10.2. The largest absolute Gasteiger partial charge is 0.484 e. The van der Waals surface area contributed by atoms with Crippen molar-refractivity contribution in [2.75, 3.05) is 13.2 Å². The summed E-state index contributed by atoms with van der Waals surface area (Å²) in [7, 11) is 0. The summed E-state index contributed by atoms with van der Waals surface area (Å²) in [6.07, 6.45) is 1.83. The number of hydrogen-bond acceptors (Lipinski definition) is 4. The van der Waals surface area contributed by atoms with E-state index in [1.165, 1.54) is 0 Å². The zero-order valence-corrected chi connectivity index (χ0v) is 15.2. The SMILES string of the molecule is CCCCOC(=O)c1ccc(OCC(=O)N[C@H](C)c2ccccc2)cc1. The number of nitrogens with one attached hydrogen (secondary N) is 1. The van der Waals surface area contributed by atoms with Crippen LogP contribution in [0.3, 0.4) is 0 Å². The van der Waals surface area contributed by atoms with Crippen LogP contribution in [-0.2, 0) is 9.53 Å². The highest BCUT2D eigenvalue weighted by Crippen LogP contribution is 2.14. The summed E-state index contributed by atoms with van der Waals surface area (Å²) in [5, 5.41) is 2.89. The van der Waals surface area contributed by atoms with Gasteiger partial charge in [-0.25, -0.2) is 4.79 Å². The zero-order valence-electron chi connectivity index (χ0n) is 15.2. The minimum atomic E-state index is -0.348. The molecule has 0 aromatic heterocycles. The molecule has 0 aliphatic rings. The number of unbranched alkanes of at least 4 members (excludes halogenated alkanes) is 1. The summed E-state index contributed by atoms with van der Waals surface area (Å²) >= 11 is 0. The van der Waals surface area contributed by atoms with E-state index in [0.717, 1.165) is 18.4 Å². The van der Waals surface area contributed by atoms with Crippen LogP contribution >= 0.6 is 0 Å². The summed E-state index contributed by atoms with van der Waals surface area (Å²) in [6, 6.07) is 16.2. The lowest BCUT2D eigenvalue weighted by Gasteiger charge is -2.14. The molecular formula is C21H25NO4. The number of amides is 1. The Bertz CT molecular complexity index is 698. The summed E-state index contributed by atoms with van der Waals surface area (Å²) in [5.74, 6) is -0.0264. The smallest absolute Gasteiger partial charge is 0.338 e. The van der Waals surface area contributed by atoms with Crippen molar-refractivity contribution in [3.8, 4) is 5.75 Å². The van der Waals surface area contributed by atoms with Gasteiger partial charge in [0.1, 0.15) is 5.75 Å². The van der Waals surface area contributed by atoms with Crippen molar-refractivity contribution < 1.29 is 19.1 Å². The van der Waals surface area contributed by atoms with Gasteiger partial charge in [0.05, 0.1) is 18.2 Å². The van der Waals surface area contributed by atoms with E-state index in [1.54, 1.807) is 24.3 Å². The molecule has 0 aliphatic carbocycles. The van der Waals surface area contributed by atoms with Crippen molar-refractivity contribution in [3.63, 3.8) is 0 Å². The minimum absolute atomic E-state index is 0.0858. The number of carbonyl (C=O) groups excluding carboxylic acids is 2. The van der Waals surface area contributed by atoms with Gasteiger partial charge in [-0.05, 0) is 43.2 Å². The van der Waals surface area contributed by atoms with Crippen LogP contribution < -0.4 is 10.1 Å². The average molecular weight is 355 g/mol. The van der Waals surface area contributed by atoms with Crippen molar-refractivity contribution in [2.45, 2.75) is 32.7 Å². The first-order valence-corrected chi connectivity index (χ1v) is 8.84. The van der Waals surface area contributed by atoms with Gasteiger partial charge >= 0.3 is 5.97 Å². The molecule has 26 heavy (non-hydrogen) atoms. The van der Waals surface area contributed by atoms with Gasteiger partial charge in [-0.2, -0.15) is 0 Å². The van der Waals surface area contributed by atoms with Crippen LogP contribution in [0.4, 0.5) is 0 Å². The number of rotatable bonds is 9. The maximum absolute atomic E-state index is 12.0. The maximum atomic E-state index is 12.0. The van der Waals surface area contributed by atoms with E-state index in [2.05, 4.69) is 5.32 Å². The standard InChI is InChI=1S/C21H25NO4/c1-3-4-14-25-21(24)18-10-12-19(13-11-18)26-15-20(23)22-16(2)17-8-6-5-7-9-17/h5-13,16H,3-4,14-15H2,1-2H3,(H,22,23)/t16-/m1/s1. The lowest BCUT2D eigenvalue weighted by molar-refractivity contribution is -0.123. The third kappa shape index (κ3) is 6.24. The normalized spacial score (nSPS) is 11.5. The third-order valence-corrected chi connectivity index (χ3v) is 3.87. The quantitative estimate of drug-likeness (QED) is 0.547. The van der Waals surface area contributed by atoms with Crippen LogP contribution in [0.25, 0.3) is 0 Å². The fourth-order valence-corrected chi connectivity index (χ4v) is 2.34. The average Bonchev–Trinajstić information content (AvgIpc) is 2.67. The van der Waals surface area contributed by atoms with Crippen LogP contribution in [0, 0.1) is 0 Å². The van der Waals surface area contributed by atoms with Gasteiger partial charge in [0.2, 0.25) is 0 Å². The third-order valence-electron chi connectivity index (χ3n) is 3.87. The molecule has 138 valence electrons. The topological polar surface area (TPSA) is 64.6 Å². The molecule has 2 aromatic rings. The first-order chi connectivity index (χ1) is 12.6. The molecule has 1 amide bonds. The summed E-state index contributed by atoms with van der Waals surface area (Å²) in [4.78, 5) is 23.8. The predicted octanol–water partition coefficient (Wildman–Crippen LogP) is 3.90. The Labute approximate surface area is 154 Å². The highest BCUT2D eigenvalue weighted by molar-refractivity contribution is 5.89.